The zero-order valence-corrected chi connectivity index (χ0v) is 13.3. The molecule has 0 bridgehead atoms. The molecule has 6 nitrogen and oxygen atoms in total. The minimum absolute atomic E-state index is 0.161. The Kier molecular flexibility index (Phi) is 4.97. The number of rotatable bonds is 5. The fourth-order valence-corrected chi connectivity index (χ4v) is 2.20. The molecule has 0 saturated carbocycles. The topological polar surface area (TPSA) is 72.0 Å². The van der Waals surface area contributed by atoms with Crippen molar-refractivity contribution in [3.63, 3.8) is 0 Å². The molecule has 0 radical (unpaired) electrons. The van der Waals surface area contributed by atoms with Gasteiger partial charge in [-0.1, -0.05) is 6.07 Å². The molecule has 0 atom stereocenters. The van der Waals surface area contributed by atoms with Crippen molar-refractivity contribution in [3.8, 4) is 11.5 Å². The van der Waals surface area contributed by atoms with Crippen LogP contribution >= 0.6 is 0 Å². The van der Waals surface area contributed by atoms with E-state index in [2.05, 4.69) is 15.8 Å². The van der Waals surface area contributed by atoms with Gasteiger partial charge in [-0.3, -0.25) is 4.79 Å². The zero-order valence-electron chi connectivity index (χ0n) is 13.3. The van der Waals surface area contributed by atoms with Gasteiger partial charge in [0.05, 0.1) is 18.3 Å². The molecule has 1 aliphatic rings. The number of halogens is 3. The van der Waals surface area contributed by atoms with Crippen LogP contribution in [0.2, 0.25) is 0 Å². The summed E-state index contributed by atoms with van der Waals surface area (Å²) < 4.78 is 48.3. The zero-order chi connectivity index (χ0) is 18.6. The number of benzene rings is 2. The third-order valence-electron chi connectivity index (χ3n) is 3.44. The molecule has 0 aromatic heterocycles. The lowest BCUT2D eigenvalue weighted by atomic mass is 10.2. The molecule has 1 amide bonds. The van der Waals surface area contributed by atoms with Gasteiger partial charge in [0.25, 0.3) is 5.91 Å². The molecule has 1 aliphatic heterocycles. The van der Waals surface area contributed by atoms with Gasteiger partial charge in [-0.15, -0.1) is 0 Å². The molecule has 3 rings (SSSR count). The Bertz CT molecular complexity index is 837. The molecule has 136 valence electrons. The van der Waals surface area contributed by atoms with E-state index in [0.29, 0.717) is 17.1 Å². The van der Waals surface area contributed by atoms with Crippen LogP contribution in [-0.2, 0) is 11.0 Å². The van der Waals surface area contributed by atoms with Crippen LogP contribution in [0.5, 0.6) is 11.5 Å². The second-order valence-electron chi connectivity index (χ2n) is 5.34. The van der Waals surface area contributed by atoms with Gasteiger partial charge < -0.3 is 14.8 Å². The van der Waals surface area contributed by atoms with Crippen LogP contribution in [0.15, 0.2) is 47.6 Å². The van der Waals surface area contributed by atoms with Crippen LogP contribution in [-0.4, -0.2) is 25.5 Å². The van der Waals surface area contributed by atoms with Gasteiger partial charge in [-0.2, -0.15) is 18.3 Å². The van der Waals surface area contributed by atoms with E-state index in [9.17, 15) is 18.0 Å². The Morgan fingerprint density at radius 1 is 1.15 bits per heavy atom. The molecular formula is C17H14F3N3O3. The van der Waals surface area contributed by atoms with Gasteiger partial charge in [-0.25, -0.2) is 5.43 Å². The summed E-state index contributed by atoms with van der Waals surface area (Å²) in [6, 6.07) is 9.77. The third kappa shape index (κ3) is 4.44. The molecule has 2 aromatic rings. The van der Waals surface area contributed by atoms with Crippen LogP contribution in [0.25, 0.3) is 0 Å². The highest BCUT2D eigenvalue weighted by Gasteiger charge is 2.30. The van der Waals surface area contributed by atoms with Crippen LogP contribution in [0.4, 0.5) is 18.9 Å². The van der Waals surface area contributed by atoms with E-state index in [0.717, 1.165) is 12.1 Å². The maximum absolute atomic E-state index is 12.6. The molecule has 2 N–H and O–H groups in total. The fourth-order valence-electron chi connectivity index (χ4n) is 2.20. The van der Waals surface area contributed by atoms with E-state index in [-0.39, 0.29) is 19.0 Å². The normalized spacial score (nSPS) is 13.0. The number of nitrogens with one attached hydrogen (secondary N) is 2. The highest BCUT2D eigenvalue weighted by molar-refractivity contribution is 5.84. The van der Waals surface area contributed by atoms with Gasteiger partial charge in [0.15, 0.2) is 11.5 Å². The number of carbonyl (C=O) groups is 1. The average molecular weight is 365 g/mol. The monoisotopic (exact) mass is 365 g/mol. The maximum atomic E-state index is 12.6. The second kappa shape index (κ2) is 7.34. The van der Waals surface area contributed by atoms with Crippen LogP contribution in [0, 0.1) is 0 Å². The highest BCUT2D eigenvalue weighted by Crippen LogP contribution is 2.32. The van der Waals surface area contributed by atoms with Crippen LogP contribution < -0.4 is 20.2 Å². The molecule has 9 heteroatoms. The number of hydrogen-bond donors (Lipinski definition) is 2. The number of amides is 1. The fraction of sp³-hybridized carbons (Fsp3) is 0.176. The molecule has 26 heavy (non-hydrogen) atoms. The summed E-state index contributed by atoms with van der Waals surface area (Å²) in [6.45, 7) is -0.0618. The Morgan fingerprint density at radius 2 is 1.96 bits per heavy atom. The molecule has 0 aliphatic carbocycles. The van der Waals surface area contributed by atoms with E-state index < -0.39 is 17.6 Å². The van der Waals surface area contributed by atoms with Gasteiger partial charge in [-0.05, 0) is 42.0 Å². The second-order valence-corrected chi connectivity index (χ2v) is 5.34. The minimum Gasteiger partial charge on any atom is -0.454 e. The van der Waals surface area contributed by atoms with E-state index in [1.807, 2.05) is 0 Å². The Labute approximate surface area is 146 Å². The van der Waals surface area contributed by atoms with E-state index >= 15 is 0 Å². The predicted molar refractivity (Wildman–Crippen MR) is 88.2 cm³/mol. The average Bonchev–Trinajstić information content (AvgIpc) is 3.07. The lowest BCUT2D eigenvalue weighted by Gasteiger charge is -2.10. The predicted octanol–water partition coefficient (Wildman–Crippen LogP) is 3.00. The Hall–Kier alpha value is -3.23. The summed E-state index contributed by atoms with van der Waals surface area (Å²) in [4.78, 5) is 11.7. The summed E-state index contributed by atoms with van der Waals surface area (Å²) in [7, 11) is 0. The first kappa shape index (κ1) is 17.6. The van der Waals surface area contributed by atoms with Crippen molar-refractivity contribution in [1.29, 1.82) is 0 Å². The van der Waals surface area contributed by atoms with E-state index in [4.69, 9.17) is 9.47 Å². The first-order valence-electron chi connectivity index (χ1n) is 7.54. The number of alkyl halides is 3. The van der Waals surface area contributed by atoms with Crippen LogP contribution in [0.1, 0.15) is 11.1 Å². The molecule has 0 fully saturated rings. The van der Waals surface area contributed by atoms with Crippen molar-refractivity contribution in [2.24, 2.45) is 5.10 Å². The first-order chi connectivity index (χ1) is 12.4. The number of anilines is 1. The van der Waals surface area contributed by atoms with E-state index in [1.54, 1.807) is 18.2 Å². The van der Waals surface area contributed by atoms with Crippen LogP contribution in [0.3, 0.4) is 0 Å². The molecule has 2 aromatic carbocycles. The van der Waals surface area contributed by atoms with Crippen molar-refractivity contribution in [1.82, 2.24) is 5.43 Å². The first-order valence-corrected chi connectivity index (χ1v) is 7.54. The summed E-state index contributed by atoms with van der Waals surface area (Å²) in [6.07, 6.45) is -3.01. The molecular weight excluding hydrogens is 351 g/mol. The Balaban J connectivity index is 1.50. The van der Waals surface area contributed by atoms with Crippen molar-refractivity contribution >= 4 is 17.8 Å². The SMILES string of the molecule is O=C(CNc1cccc(C(F)(F)F)c1)NN=Cc1ccc2c(c1)OCO2. The summed E-state index contributed by atoms with van der Waals surface area (Å²) in [5.41, 5.74) is 2.38. The van der Waals surface area contributed by atoms with Gasteiger partial charge in [0.2, 0.25) is 6.79 Å². The molecule has 0 unspecified atom stereocenters. The van der Waals surface area contributed by atoms with Crippen molar-refractivity contribution in [2.45, 2.75) is 6.18 Å². The standard InChI is InChI=1S/C17H14F3N3O3/c18-17(19,20)12-2-1-3-13(7-12)21-9-16(24)23-22-8-11-4-5-14-15(6-11)26-10-25-14/h1-8,21H,9-10H2,(H,23,24). The van der Waals surface area contributed by atoms with Gasteiger partial charge >= 0.3 is 6.18 Å². The number of hydrogen-bond acceptors (Lipinski definition) is 5. The largest absolute Gasteiger partial charge is 0.454 e. The number of fused-ring (bicyclic) bond motifs is 1. The van der Waals surface area contributed by atoms with Crippen molar-refractivity contribution < 1.29 is 27.4 Å². The minimum atomic E-state index is -4.44. The van der Waals surface area contributed by atoms with E-state index in [1.165, 1.54) is 18.3 Å². The molecule has 1 heterocycles. The lowest BCUT2D eigenvalue weighted by molar-refractivity contribution is -0.137. The number of hydrazone groups is 1. The van der Waals surface area contributed by atoms with Gasteiger partial charge in [0.1, 0.15) is 0 Å². The number of carbonyl (C=O) groups excluding carboxylic acids is 1. The lowest BCUT2D eigenvalue weighted by Crippen LogP contribution is -2.26. The summed E-state index contributed by atoms with van der Waals surface area (Å²) in [5.74, 6) is 0.724. The molecule has 0 saturated heterocycles. The summed E-state index contributed by atoms with van der Waals surface area (Å²) in [5, 5.41) is 6.41. The van der Waals surface area contributed by atoms with Gasteiger partial charge in [0, 0.05) is 5.69 Å². The smallest absolute Gasteiger partial charge is 0.416 e. The highest BCUT2D eigenvalue weighted by atomic mass is 19.4. The van der Waals surface area contributed by atoms with Crippen molar-refractivity contribution in [3.05, 3.63) is 53.6 Å². The Morgan fingerprint density at radius 3 is 2.77 bits per heavy atom. The summed E-state index contributed by atoms with van der Waals surface area (Å²) >= 11 is 0. The molecule has 0 spiro atoms. The number of ether oxygens (including phenoxy) is 2. The van der Waals surface area contributed by atoms with Crippen molar-refractivity contribution in [2.75, 3.05) is 18.7 Å². The third-order valence-corrected chi connectivity index (χ3v) is 3.44. The number of nitrogens with zero attached hydrogens (tertiary/aromatic N) is 1. The quantitative estimate of drug-likeness (QED) is 0.631. The maximum Gasteiger partial charge on any atom is 0.416 e.